The minimum Gasteiger partial charge on any atom is -0.467 e. The number of nitrogens with one attached hydrogen (secondary N) is 1. The summed E-state index contributed by atoms with van der Waals surface area (Å²) in [5.41, 5.74) is 6.09. The predicted molar refractivity (Wildman–Crippen MR) is 66.2 cm³/mol. The predicted octanol–water partition coefficient (Wildman–Crippen LogP) is 0.186. The van der Waals surface area contributed by atoms with Crippen LogP contribution in [-0.4, -0.2) is 36.7 Å². The van der Waals surface area contributed by atoms with Crippen LogP contribution in [0.25, 0.3) is 0 Å². The van der Waals surface area contributed by atoms with Crippen molar-refractivity contribution in [3.63, 3.8) is 0 Å². The minimum absolute atomic E-state index is 0.233. The van der Waals surface area contributed by atoms with Gasteiger partial charge in [-0.1, -0.05) is 11.6 Å². The van der Waals surface area contributed by atoms with Crippen LogP contribution in [0.5, 0.6) is 0 Å². The lowest BCUT2D eigenvalue weighted by Gasteiger charge is -2.14. The van der Waals surface area contributed by atoms with Crippen molar-refractivity contribution < 1.29 is 19.4 Å². The molecule has 1 amide bonds. The molecule has 7 heteroatoms. The first-order valence-electron chi connectivity index (χ1n) is 5.04. The fourth-order valence-corrected chi connectivity index (χ4v) is 1.41. The molecule has 0 fully saturated rings. The quantitative estimate of drug-likeness (QED) is 0.536. The van der Waals surface area contributed by atoms with Gasteiger partial charge in [0.15, 0.2) is 6.04 Å². The number of benzene rings is 1. The summed E-state index contributed by atoms with van der Waals surface area (Å²) >= 11 is 5.77. The molecule has 18 heavy (non-hydrogen) atoms. The lowest BCUT2D eigenvalue weighted by molar-refractivity contribution is -0.143. The van der Waals surface area contributed by atoms with E-state index in [4.69, 9.17) is 22.4 Å². The van der Waals surface area contributed by atoms with E-state index in [2.05, 4.69) is 10.1 Å². The highest BCUT2D eigenvalue weighted by Crippen LogP contribution is 2.19. The Labute approximate surface area is 109 Å². The number of aliphatic hydroxyl groups is 1. The molecule has 6 nitrogen and oxygen atoms in total. The average Bonchev–Trinajstić information content (AvgIpc) is 2.37. The number of carbonyl (C=O) groups excluding carboxylic acids is 2. The molecule has 1 rings (SSSR count). The Morgan fingerprint density at radius 1 is 1.56 bits per heavy atom. The van der Waals surface area contributed by atoms with E-state index < -0.39 is 24.5 Å². The Bertz CT molecular complexity index is 464. The van der Waals surface area contributed by atoms with Gasteiger partial charge in [0.05, 0.1) is 24.4 Å². The summed E-state index contributed by atoms with van der Waals surface area (Å²) in [7, 11) is 1.16. The van der Waals surface area contributed by atoms with Gasteiger partial charge in [-0.25, -0.2) is 4.79 Å². The fourth-order valence-electron chi connectivity index (χ4n) is 1.23. The first-order valence-corrected chi connectivity index (χ1v) is 5.42. The molecule has 98 valence electrons. The number of amides is 1. The lowest BCUT2D eigenvalue weighted by atomic mass is 10.2. The molecular formula is C11H13ClN2O4. The smallest absolute Gasteiger partial charge is 0.330 e. The molecule has 0 radical (unpaired) electrons. The third-order valence-corrected chi connectivity index (χ3v) is 2.56. The van der Waals surface area contributed by atoms with E-state index in [0.717, 1.165) is 7.11 Å². The Kier molecular flexibility index (Phi) is 4.94. The van der Waals surface area contributed by atoms with Gasteiger partial charge in [0, 0.05) is 5.56 Å². The summed E-state index contributed by atoms with van der Waals surface area (Å²) < 4.78 is 4.42. The summed E-state index contributed by atoms with van der Waals surface area (Å²) in [5.74, 6) is -1.28. The Morgan fingerprint density at radius 3 is 2.72 bits per heavy atom. The molecule has 0 aliphatic rings. The number of esters is 1. The van der Waals surface area contributed by atoms with Gasteiger partial charge in [0.2, 0.25) is 0 Å². The van der Waals surface area contributed by atoms with Crippen molar-refractivity contribution >= 4 is 29.2 Å². The molecule has 0 heterocycles. The topological polar surface area (TPSA) is 102 Å². The molecule has 1 aromatic carbocycles. The maximum absolute atomic E-state index is 11.8. The van der Waals surface area contributed by atoms with Crippen LogP contribution in [0.3, 0.4) is 0 Å². The van der Waals surface area contributed by atoms with E-state index >= 15 is 0 Å². The molecule has 0 aliphatic heterocycles. The average molecular weight is 273 g/mol. The zero-order valence-electron chi connectivity index (χ0n) is 9.64. The van der Waals surface area contributed by atoms with Crippen molar-refractivity contribution in [2.45, 2.75) is 6.04 Å². The number of rotatable bonds is 4. The van der Waals surface area contributed by atoms with Crippen LogP contribution in [0.15, 0.2) is 18.2 Å². The Balaban J connectivity index is 2.81. The van der Waals surface area contributed by atoms with Crippen LogP contribution >= 0.6 is 11.6 Å². The molecule has 0 bridgehead atoms. The maximum atomic E-state index is 11.8. The Hall–Kier alpha value is -1.79. The van der Waals surface area contributed by atoms with Crippen molar-refractivity contribution in [3.05, 3.63) is 28.8 Å². The highest BCUT2D eigenvalue weighted by atomic mass is 35.5. The second kappa shape index (κ2) is 6.23. The number of ether oxygens (including phenoxy) is 1. The number of nitrogens with two attached hydrogens (primary N) is 1. The van der Waals surface area contributed by atoms with E-state index in [1.807, 2.05) is 0 Å². The van der Waals surface area contributed by atoms with Gasteiger partial charge < -0.3 is 20.9 Å². The summed E-state index contributed by atoms with van der Waals surface area (Å²) in [6.07, 6.45) is 0. The van der Waals surface area contributed by atoms with Crippen LogP contribution in [0, 0.1) is 0 Å². The molecule has 1 aromatic rings. The summed E-state index contributed by atoms with van der Waals surface area (Å²) in [4.78, 5) is 23.0. The lowest BCUT2D eigenvalue weighted by Crippen LogP contribution is -2.44. The third-order valence-electron chi connectivity index (χ3n) is 2.24. The minimum atomic E-state index is -1.11. The number of hydrogen-bond acceptors (Lipinski definition) is 5. The van der Waals surface area contributed by atoms with Gasteiger partial charge in [-0.3, -0.25) is 4.79 Å². The van der Waals surface area contributed by atoms with Crippen molar-refractivity contribution in [3.8, 4) is 0 Å². The molecule has 1 atom stereocenters. The van der Waals surface area contributed by atoms with Crippen molar-refractivity contribution in [1.82, 2.24) is 5.32 Å². The van der Waals surface area contributed by atoms with Gasteiger partial charge in [0.25, 0.3) is 5.91 Å². The molecule has 4 N–H and O–H groups in total. The number of nitrogen functional groups attached to an aromatic ring is 1. The largest absolute Gasteiger partial charge is 0.467 e. The van der Waals surface area contributed by atoms with E-state index in [1.54, 1.807) is 0 Å². The first kappa shape index (κ1) is 14.3. The molecular weight excluding hydrogens is 260 g/mol. The maximum Gasteiger partial charge on any atom is 0.330 e. The number of aliphatic hydroxyl groups excluding tert-OH is 1. The number of halogens is 1. The molecule has 0 saturated heterocycles. The molecule has 0 spiro atoms. The van der Waals surface area contributed by atoms with Gasteiger partial charge in [-0.15, -0.1) is 0 Å². The van der Waals surface area contributed by atoms with Gasteiger partial charge in [-0.05, 0) is 18.2 Å². The number of methoxy groups -OCH3 is 1. The summed E-state index contributed by atoms with van der Waals surface area (Å²) in [6.45, 7) is -0.554. The second-order valence-corrected chi connectivity index (χ2v) is 3.88. The van der Waals surface area contributed by atoms with Crippen LogP contribution in [0.4, 0.5) is 5.69 Å². The third kappa shape index (κ3) is 3.35. The van der Waals surface area contributed by atoms with E-state index in [1.165, 1.54) is 18.2 Å². The highest BCUT2D eigenvalue weighted by molar-refractivity contribution is 6.33. The normalized spacial score (nSPS) is 11.7. The molecule has 0 unspecified atom stereocenters. The van der Waals surface area contributed by atoms with Gasteiger partial charge in [-0.2, -0.15) is 0 Å². The van der Waals surface area contributed by atoms with Gasteiger partial charge >= 0.3 is 5.97 Å². The highest BCUT2D eigenvalue weighted by Gasteiger charge is 2.21. The monoisotopic (exact) mass is 272 g/mol. The van der Waals surface area contributed by atoms with Crippen LogP contribution in [0.1, 0.15) is 10.4 Å². The molecule has 0 aromatic heterocycles. The standard InChI is InChI=1S/C11H13ClN2O4/c1-18-11(17)9(5-15)14-10(16)6-2-3-8(13)7(12)4-6/h2-4,9,15H,5,13H2,1H3,(H,14,16)/t9-/m0/s1. The van der Waals surface area contributed by atoms with E-state index in [0.29, 0.717) is 5.69 Å². The zero-order chi connectivity index (χ0) is 13.7. The second-order valence-electron chi connectivity index (χ2n) is 3.47. The van der Waals surface area contributed by atoms with Crippen molar-refractivity contribution in [2.24, 2.45) is 0 Å². The Morgan fingerprint density at radius 2 is 2.22 bits per heavy atom. The summed E-state index contributed by atoms with van der Waals surface area (Å²) in [6, 6.07) is 3.20. The zero-order valence-corrected chi connectivity index (χ0v) is 10.4. The van der Waals surface area contributed by atoms with E-state index in [9.17, 15) is 9.59 Å². The van der Waals surface area contributed by atoms with Gasteiger partial charge in [0.1, 0.15) is 0 Å². The van der Waals surface area contributed by atoms with Crippen molar-refractivity contribution in [2.75, 3.05) is 19.5 Å². The van der Waals surface area contributed by atoms with E-state index in [-0.39, 0.29) is 10.6 Å². The van der Waals surface area contributed by atoms with Crippen LogP contribution < -0.4 is 11.1 Å². The summed E-state index contributed by atoms with van der Waals surface area (Å²) in [5, 5.41) is 11.5. The number of hydrogen-bond donors (Lipinski definition) is 3. The SMILES string of the molecule is COC(=O)[C@H](CO)NC(=O)c1ccc(N)c(Cl)c1. The first-order chi connectivity index (χ1) is 8.49. The molecule has 0 aliphatic carbocycles. The number of carbonyl (C=O) groups is 2. The number of anilines is 1. The van der Waals surface area contributed by atoms with Crippen LogP contribution in [-0.2, 0) is 9.53 Å². The molecule has 0 saturated carbocycles. The van der Waals surface area contributed by atoms with Crippen LogP contribution in [0.2, 0.25) is 5.02 Å². The van der Waals surface area contributed by atoms with Crippen molar-refractivity contribution in [1.29, 1.82) is 0 Å². The fraction of sp³-hybridized carbons (Fsp3) is 0.273.